The van der Waals surface area contributed by atoms with Crippen molar-refractivity contribution < 1.29 is 0 Å². The number of hydrogen-bond donors (Lipinski definition) is 1. The standard InChI is InChI=1S/C13H23N/c1-4-6-12(3)14-10-13-8-5-7-11(2)9-13/h1,11-14H,5-10H2,2-3H3. The van der Waals surface area contributed by atoms with Crippen LogP contribution >= 0.6 is 0 Å². The topological polar surface area (TPSA) is 12.0 Å². The summed E-state index contributed by atoms with van der Waals surface area (Å²) in [5.41, 5.74) is 0. The fourth-order valence-corrected chi connectivity index (χ4v) is 2.36. The predicted molar refractivity (Wildman–Crippen MR) is 62.0 cm³/mol. The van der Waals surface area contributed by atoms with Crippen LogP contribution in [0.1, 0.15) is 46.0 Å². The van der Waals surface area contributed by atoms with E-state index in [-0.39, 0.29) is 0 Å². The number of nitrogens with one attached hydrogen (secondary N) is 1. The number of rotatable bonds is 4. The molecule has 0 aromatic rings. The molecule has 1 aliphatic rings. The van der Waals surface area contributed by atoms with Gasteiger partial charge in [-0.2, -0.15) is 0 Å². The van der Waals surface area contributed by atoms with Gasteiger partial charge < -0.3 is 5.32 Å². The molecule has 0 aliphatic heterocycles. The van der Waals surface area contributed by atoms with Crippen molar-refractivity contribution in [3.05, 3.63) is 0 Å². The number of terminal acetylenes is 1. The molecular formula is C13H23N. The predicted octanol–water partition coefficient (Wildman–Crippen LogP) is 2.81. The first kappa shape index (κ1) is 11.6. The maximum Gasteiger partial charge on any atom is 0.0238 e. The summed E-state index contributed by atoms with van der Waals surface area (Å²) in [5.74, 6) is 4.52. The lowest BCUT2D eigenvalue weighted by Crippen LogP contribution is -2.32. The Morgan fingerprint density at radius 3 is 2.93 bits per heavy atom. The summed E-state index contributed by atoms with van der Waals surface area (Å²) in [6.45, 7) is 5.70. The van der Waals surface area contributed by atoms with E-state index in [4.69, 9.17) is 6.42 Å². The van der Waals surface area contributed by atoms with Crippen LogP contribution in [0.4, 0.5) is 0 Å². The summed E-state index contributed by atoms with van der Waals surface area (Å²) in [7, 11) is 0. The van der Waals surface area contributed by atoms with E-state index in [1.54, 1.807) is 0 Å². The molecule has 1 nitrogen and oxygen atoms in total. The second-order valence-corrected chi connectivity index (χ2v) is 4.86. The zero-order valence-electron chi connectivity index (χ0n) is 9.55. The third kappa shape index (κ3) is 4.15. The molecule has 1 fully saturated rings. The minimum atomic E-state index is 0.484. The molecule has 1 aliphatic carbocycles. The Balaban J connectivity index is 2.14. The van der Waals surface area contributed by atoms with E-state index in [1.807, 2.05) is 0 Å². The summed E-state index contributed by atoms with van der Waals surface area (Å²) in [4.78, 5) is 0. The van der Waals surface area contributed by atoms with Crippen LogP contribution in [0, 0.1) is 24.2 Å². The molecule has 0 aromatic heterocycles. The van der Waals surface area contributed by atoms with Gasteiger partial charge in [-0.05, 0) is 38.1 Å². The van der Waals surface area contributed by atoms with Gasteiger partial charge in [-0.1, -0.05) is 19.8 Å². The maximum absolute atomic E-state index is 5.27. The molecular weight excluding hydrogens is 170 g/mol. The molecule has 3 unspecified atom stereocenters. The van der Waals surface area contributed by atoms with E-state index in [9.17, 15) is 0 Å². The molecule has 0 spiro atoms. The SMILES string of the molecule is C#CCC(C)NCC1CCCC(C)C1. The number of hydrogen-bond acceptors (Lipinski definition) is 1. The third-order valence-corrected chi connectivity index (χ3v) is 3.22. The fourth-order valence-electron chi connectivity index (χ4n) is 2.36. The largest absolute Gasteiger partial charge is 0.313 e. The highest BCUT2D eigenvalue weighted by molar-refractivity contribution is 4.88. The van der Waals surface area contributed by atoms with Crippen molar-refractivity contribution in [2.24, 2.45) is 11.8 Å². The van der Waals surface area contributed by atoms with Crippen LogP contribution in [0.5, 0.6) is 0 Å². The quantitative estimate of drug-likeness (QED) is 0.677. The van der Waals surface area contributed by atoms with Crippen LogP contribution < -0.4 is 5.32 Å². The Morgan fingerprint density at radius 1 is 1.50 bits per heavy atom. The summed E-state index contributed by atoms with van der Waals surface area (Å²) in [6.07, 6.45) is 11.8. The lowest BCUT2D eigenvalue weighted by molar-refractivity contribution is 0.268. The van der Waals surface area contributed by atoms with Crippen LogP contribution in [0.15, 0.2) is 0 Å². The lowest BCUT2D eigenvalue weighted by atomic mass is 9.82. The second kappa shape index (κ2) is 6.09. The van der Waals surface area contributed by atoms with E-state index < -0.39 is 0 Å². The molecule has 3 atom stereocenters. The van der Waals surface area contributed by atoms with Gasteiger partial charge in [0.05, 0.1) is 0 Å². The molecule has 80 valence electrons. The van der Waals surface area contributed by atoms with Gasteiger partial charge >= 0.3 is 0 Å². The van der Waals surface area contributed by atoms with Crippen LogP contribution in [-0.4, -0.2) is 12.6 Å². The van der Waals surface area contributed by atoms with Crippen molar-refractivity contribution in [3.8, 4) is 12.3 Å². The van der Waals surface area contributed by atoms with E-state index in [0.29, 0.717) is 6.04 Å². The van der Waals surface area contributed by atoms with E-state index in [2.05, 4.69) is 25.1 Å². The third-order valence-electron chi connectivity index (χ3n) is 3.22. The van der Waals surface area contributed by atoms with Crippen molar-refractivity contribution in [2.45, 2.75) is 52.0 Å². The molecule has 1 heteroatoms. The second-order valence-electron chi connectivity index (χ2n) is 4.86. The molecule has 0 heterocycles. The molecule has 0 saturated heterocycles. The van der Waals surface area contributed by atoms with Gasteiger partial charge in [-0.25, -0.2) is 0 Å². The average Bonchev–Trinajstić information content (AvgIpc) is 2.15. The van der Waals surface area contributed by atoms with Crippen molar-refractivity contribution in [3.63, 3.8) is 0 Å². The molecule has 0 radical (unpaired) electrons. The summed E-state index contributed by atoms with van der Waals surface area (Å²) >= 11 is 0. The van der Waals surface area contributed by atoms with E-state index >= 15 is 0 Å². The summed E-state index contributed by atoms with van der Waals surface area (Å²) < 4.78 is 0. The maximum atomic E-state index is 5.27. The molecule has 1 N–H and O–H groups in total. The molecule has 0 aromatic carbocycles. The monoisotopic (exact) mass is 193 g/mol. The first-order chi connectivity index (χ1) is 6.72. The highest BCUT2D eigenvalue weighted by Gasteiger charge is 2.18. The lowest BCUT2D eigenvalue weighted by Gasteiger charge is -2.27. The van der Waals surface area contributed by atoms with Crippen molar-refractivity contribution >= 4 is 0 Å². The Hall–Kier alpha value is -0.480. The Labute approximate surface area is 88.7 Å². The summed E-state index contributed by atoms with van der Waals surface area (Å²) in [5, 5.41) is 3.53. The minimum absolute atomic E-state index is 0.484. The van der Waals surface area contributed by atoms with Crippen LogP contribution in [0.3, 0.4) is 0 Å². The highest BCUT2D eigenvalue weighted by Crippen LogP contribution is 2.27. The highest BCUT2D eigenvalue weighted by atomic mass is 14.9. The molecule has 14 heavy (non-hydrogen) atoms. The van der Waals surface area contributed by atoms with Crippen molar-refractivity contribution in [1.82, 2.24) is 5.32 Å². The van der Waals surface area contributed by atoms with Gasteiger partial charge in [0.2, 0.25) is 0 Å². The van der Waals surface area contributed by atoms with Gasteiger partial charge in [0.25, 0.3) is 0 Å². The first-order valence-corrected chi connectivity index (χ1v) is 5.89. The molecule has 1 rings (SSSR count). The van der Waals surface area contributed by atoms with Gasteiger partial charge in [0.1, 0.15) is 0 Å². The molecule has 0 bridgehead atoms. The summed E-state index contributed by atoms with van der Waals surface area (Å²) in [6, 6.07) is 0.484. The Kier molecular flexibility index (Phi) is 5.04. The zero-order valence-corrected chi connectivity index (χ0v) is 9.55. The van der Waals surface area contributed by atoms with Crippen LogP contribution in [0.2, 0.25) is 0 Å². The van der Waals surface area contributed by atoms with Crippen molar-refractivity contribution in [1.29, 1.82) is 0 Å². The van der Waals surface area contributed by atoms with Crippen molar-refractivity contribution in [2.75, 3.05) is 6.54 Å². The molecule has 0 amide bonds. The molecule has 1 saturated carbocycles. The van der Waals surface area contributed by atoms with Gasteiger partial charge in [-0.3, -0.25) is 0 Å². The minimum Gasteiger partial charge on any atom is -0.313 e. The zero-order chi connectivity index (χ0) is 10.4. The van der Waals surface area contributed by atoms with Crippen LogP contribution in [0.25, 0.3) is 0 Å². The Bertz CT molecular complexity index is 192. The van der Waals surface area contributed by atoms with E-state index in [0.717, 1.165) is 24.8 Å². The first-order valence-electron chi connectivity index (χ1n) is 5.89. The fraction of sp³-hybridized carbons (Fsp3) is 0.846. The smallest absolute Gasteiger partial charge is 0.0238 e. The van der Waals surface area contributed by atoms with Crippen LogP contribution in [-0.2, 0) is 0 Å². The average molecular weight is 193 g/mol. The van der Waals surface area contributed by atoms with Gasteiger partial charge in [-0.15, -0.1) is 12.3 Å². The van der Waals surface area contributed by atoms with Gasteiger partial charge in [0, 0.05) is 12.5 Å². The normalized spacial score (nSPS) is 29.5. The van der Waals surface area contributed by atoms with E-state index in [1.165, 1.54) is 25.7 Å². The van der Waals surface area contributed by atoms with Gasteiger partial charge in [0.15, 0.2) is 0 Å². The Morgan fingerprint density at radius 2 is 2.29 bits per heavy atom.